The fourth-order valence-electron chi connectivity index (χ4n) is 2.91. The minimum atomic E-state index is 0.131. The monoisotopic (exact) mass is 331 g/mol. The largest absolute Gasteiger partial charge is 0.394 e. The summed E-state index contributed by atoms with van der Waals surface area (Å²) in [6, 6.07) is 10.7. The second-order valence-corrected chi connectivity index (χ2v) is 7.84. The van der Waals surface area contributed by atoms with Crippen molar-refractivity contribution in [2.45, 2.75) is 49.4 Å². The van der Waals surface area contributed by atoms with Crippen LogP contribution in [0.1, 0.15) is 29.8 Å². The molecule has 23 heavy (non-hydrogen) atoms. The Morgan fingerprint density at radius 2 is 2.00 bits per heavy atom. The molecule has 1 heterocycles. The van der Waals surface area contributed by atoms with Crippen molar-refractivity contribution < 1.29 is 5.11 Å². The molecule has 2 N–H and O–H groups in total. The van der Waals surface area contributed by atoms with Crippen LogP contribution in [0.15, 0.2) is 35.2 Å². The summed E-state index contributed by atoms with van der Waals surface area (Å²) in [5, 5.41) is 17.2. The average Bonchev–Trinajstić information content (AvgIpc) is 3.25. The van der Waals surface area contributed by atoms with Crippen LogP contribution in [-0.2, 0) is 13.1 Å². The summed E-state index contributed by atoms with van der Waals surface area (Å²) in [4.78, 5) is 1.36. The van der Waals surface area contributed by atoms with Crippen molar-refractivity contribution in [2.24, 2.45) is 0 Å². The van der Waals surface area contributed by atoms with Crippen LogP contribution in [0, 0.1) is 13.8 Å². The summed E-state index contributed by atoms with van der Waals surface area (Å²) < 4.78 is 2.27. The molecule has 5 heteroatoms. The smallest absolute Gasteiger partial charge is 0.0644 e. The van der Waals surface area contributed by atoms with Gasteiger partial charge in [-0.15, -0.1) is 11.8 Å². The van der Waals surface area contributed by atoms with Crippen molar-refractivity contribution in [1.29, 1.82) is 0 Å². The van der Waals surface area contributed by atoms with Gasteiger partial charge in [0.15, 0.2) is 0 Å². The molecule has 0 atom stereocenters. The van der Waals surface area contributed by atoms with Gasteiger partial charge in [0.1, 0.15) is 0 Å². The van der Waals surface area contributed by atoms with E-state index in [1.54, 1.807) is 0 Å². The molecule has 4 nitrogen and oxygen atoms in total. The lowest BCUT2D eigenvalue weighted by Gasteiger charge is -2.16. The maximum atomic E-state index is 9.10. The highest BCUT2D eigenvalue weighted by molar-refractivity contribution is 8.01. The second-order valence-electron chi connectivity index (χ2n) is 6.30. The van der Waals surface area contributed by atoms with Crippen LogP contribution in [0.25, 0.3) is 0 Å². The molecule has 0 spiro atoms. The van der Waals surface area contributed by atoms with Crippen LogP contribution in [0.2, 0.25) is 0 Å². The first kappa shape index (κ1) is 16.6. The van der Waals surface area contributed by atoms with Crippen LogP contribution in [0.5, 0.6) is 0 Å². The number of aromatic nitrogens is 2. The van der Waals surface area contributed by atoms with Gasteiger partial charge in [-0.05, 0) is 38.8 Å². The Labute approximate surface area is 142 Å². The summed E-state index contributed by atoms with van der Waals surface area (Å²) in [5.74, 6) is 0. The molecular weight excluding hydrogens is 306 g/mol. The van der Waals surface area contributed by atoms with Crippen LogP contribution in [0.4, 0.5) is 0 Å². The van der Waals surface area contributed by atoms with E-state index in [1.807, 2.05) is 23.4 Å². The zero-order chi connectivity index (χ0) is 16.3. The molecule has 3 rings (SSSR count). The van der Waals surface area contributed by atoms with E-state index >= 15 is 0 Å². The predicted molar refractivity (Wildman–Crippen MR) is 94.8 cm³/mol. The van der Waals surface area contributed by atoms with Gasteiger partial charge < -0.3 is 10.4 Å². The molecule has 0 unspecified atom stereocenters. The Morgan fingerprint density at radius 1 is 1.26 bits per heavy atom. The summed E-state index contributed by atoms with van der Waals surface area (Å²) in [7, 11) is 0. The van der Waals surface area contributed by atoms with Gasteiger partial charge in [-0.2, -0.15) is 5.10 Å². The normalized spacial score (nSPS) is 15.8. The number of nitrogens with zero attached hydrogens (tertiary/aromatic N) is 2. The second kappa shape index (κ2) is 7.07. The fraction of sp³-hybridized carbons (Fsp3) is 0.500. The predicted octanol–water partition coefficient (Wildman–Crippen LogP) is 2.91. The molecule has 0 saturated heterocycles. The van der Waals surface area contributed by atoms with E-state index in [9.17, 15) is 0 Å². The van der Waals surface area contributed by atoms with Crippen molar-refractivity contribution in [2.75, 3.05) is 13.2 Å². The Hall–Kier alpha value is -1.30. The molecule has 2 aromatic rings. The zero-order valence-electron chi connectivity index (χ0n) is 13.9. The zero-order valence-corrected chi connectivity index (χ0v) is 14.7. The standard InChI is InChI=1S/C18H25N3OS/c1-14-17(15(2)21(20-14)10-11-22)12-19-13-18(8-9-18)23-16-6-4-3-5-7-16/h3-7,19,22H,8-13H2,1-2H3. The Morgan fingerprint density at radius 3 is 2.65 bits per heavy atom. The molecule has 0 aliphatic heterocycles. The molecule has 1 aliphatic rings. The van der Waals surface area contributed by atoms with E-state index in [0.717, 1.165) is 24.5 Å². The number of aryl methyl sites for hydroxylation is 1. The highest BCUT2D eigenvalue weighted by Gasteiger charge is 2.43. The lowest BCUT2D eigenvalue weighted by atomic mass is 10.2. The lowest BCUT2D eigenvalue weighted by molar-refractivity contribution is 0.267. The Balaban J connectivity index is 1.55. The average molecular weight is 331 g/mol. The van der Waals surface area contributed by atoms with E-state index in [2.05, 4.69) is 47.7 Å². The minimum absolute atomic E-state index is 0.131. The third-order valence-corrected chi connectivity index (χ3v) is 5.97. The third-order valence-electron chi connectivity index (χ3n) is 4.48. The van der Waals surface area contributed by atoms with E-state index in [4.69, 9.17) is 5.11 Å². The van der Waals surface area contributed by atoms with Gasteiger partial charge in [-0.3, -0.25) is 4.68 Å². The summed E-state index contributed by atoms with van der Waals surface area (Å²) in [6.45, 7) is 6.70. The van der Waals surface area contributed by atoms with Gasteiger partial charge in [-0.25, -0.2) is 0 Å². The molecule has 0 amide bonds. The first-order valence-electron chi connectivity index (χ1n) is 8.22. The van der Waals surface area contributed by atoms with E-state index < -0.39 is 0 Å². The quantitative estimate of drug-likeness (QED) is 0.781. The fourth-order valence-corrected chi connectivity index (χ4v) is 4.18. The summed E-state index contributed by atoms with van der Waals surface area (Å²) in [6.07, 6.45) is 2.56. The number of benzene rings is 1. The summed E-state index contributed by atoms with van der Waals surface area (Å²) >= 11 is 2.00. The van der Waals surface area contributed by atoms with Gasteiger partial charge in [0, 0.05) is 34.0 Å². The third kappa shape index (κ3) is 3.97. The molecular formula is C18H25N3OS. The highest BCUT2D eigenvalue weighted by Crippen LogP contribution is 2.51. The number of thioether (sulfide) groups is 1. The number of rotatable bonds is 8. The lowest BCUT2D eigenvalue weighted by Crippen LogP contribution is -2.26. The Bertz CT molecular complexity index is 650. The van der Waals surface area contributed by atoms with Gasteiger partial charge in [-0.1, -0.05) is 18.2 Å². The first-order chi connectivity index (χ1) is 11.1. The van der Waals surface area contributed by atoms with Gasteiger partial charge in [0.05, 0.1) is 18.8 Å². The molecule has 1 aromatic carbocycles. The van der Waals surface area contributed by atoms with Crippen LogP contribution in [-0.4, -0.2) is 32.8 Å². The van der Waals surface area contributed by atoms with Gasteiger partial charge >= 0.3 is 0 Å². The number of hydrogen-bond donors (Lipinski definition) is 2. The Kier molecular flexibility index (Phi) is 5.09. The minimum Gasteiger partial charge on any atom is -0.394 e. The SMILES string of the molecule is Cc1nn(CCO)c(C)c1CNCC1(Sc2ccccc2)CC1. The summed E-state index contributed by atoms with van der Waals surface area (Å²) in [5.41, 5.74) is 3.48. The molecule has 1 saturated carbocycles. The van der Waals surface area contributed by atoms with Crippen molar-refractivity contribution in [3.8, 4) is 0 Å². The molecule has 124 valence electrons. The number of nitrogens with one attached hydrogen (secondary N) is 1. The van der Waals surface area contributed by atoms with E-state index in [1.165, 1.54) is 23.3 Å². The van der Waals surface area contributed by atoms with Crippen molar-refractivity contribution in [1.82, 2.24) is 15.1 Å². The van der Waals surface area contributed by atoms with E-state index in [-0.39, 0.29) is 6.61 Å². The molecule has 1 aromatic heterocycles. The van der Waals surface area contributed by atoms with Crippen molar-refractivity contribution in [3.05, 3.63) is 47.3 Å². The first-order valence-corrected chi connectivity index (χ1v) is 9.04. The van der Waals surface area contributed by atoms with Crippen molar-refractivity contribution >= 4 is 11.8 Å². The maximum Gasteiger partial charge on any atom is 0.0644 e. The number of aliphatic hydroxyl groups excluding tert-OH is 1. The molecule has 1 aliphatic carbocycles. The van der Waals surface area contributed by atoms with E-state index in [0.29, 0.717) is 11.3 Å². The van der Waals surface area contributed by atoms with Crippen LogP contribution >= 0.6 is 11.8 Å². The number of aliphatic hydroxyl groups is 1. The maximum absolute atomic E-state index is 9.10. The van der Waals surface area contributed by atoms with Crippen molar-refractivity contribution in [3.63, 3.8) is 0 Å². The number of hydrogen-bond acceptors (Lipinski definition) is 4. The molecule has 0 bridgehead atoms. The highest BCUT2D eigenvalue weighted by atomic mass is 32.2. The van der Waals surface area contributed by atoms with Crippen LogP contribution in [0.3, 0.4) is 0 Å². The molecule has 1 fully saturated rings. The molecule has 0 radical (unpaired) electrons. The topological polar surface area (TPSA) is 50.1 Å². The van der Waals surface area contributed by atoms with Gasteiger partial charge in [0.25, 0.3) is 0 Å². The van der Waals surface area contributed by atoms with Crippen LogP contribution < -0.4 is 5.32 Å². The van der Waals surface area contributed by atoms with Gasteiger partial charge in [0.2, 0.25) is 0 Å².